The second kappa shape index (κ2) is 4.61. The van der Waals surface area contributed by atoms with Crippen molar-refractivity contribution >= 4 is 11.0 Å². The number of hydrogen-bond acceptors (Lipinski definition) is 3. The first-order chi connectivity index (χ1) is 8.79. The van der Waals surface area contributed by atoms with Crippen molar-refractivity contribution in [3.8, 4) is 5.75 Å². The lowest BCUT2D eigenvalue weighted by atomic mass is 9.90. The zero-order valence-corrected chi connectivity index (χ0v) is 10.9. The number of pyridine rings is 1. The second-order valence-electron chi connectivity index (χ2n) is 4.97. The van der Waals surface area contributed by atoms with E-state index in [1.54, 1.807) is 13.3 Å². The minimum Gasteiger partial charge on any atom is -0.495 e. The Bertz CT molecular complexity index is 555. The number of ether oxygens (including phenoxy) is 1. The standard InChI is InChI=1S/C14H19N3O/c1-17-9-13(10-3-5-15-6-4-10)12-7-11(18-2)8-16-14(12)17/h7-10,15H,3-6H2,1-2H3. The first-order valence-corrected chi connectivity index (χ1v) is 6.49. The summed E-state index contributed by atoms with van der Waals surface area (Å²) < 4.78 is 7.41. The van der Waals surface area contributed by atoms with Gasteiger partial charge in [-0.25, -0.2) is 4.98 Å². The van der Waals surface area contributed by atoms with E-state index < -0.39 is 0 Å². The zero-order chi connectivity index (χ0) is 12.5. The van der Waals surface area contributed by atoms with Crippen LogP contribution in [0.4, 0.5) is 0 Å². The summed E-state index contributed by atoms with van der Waals surface area (Å²) in [6, 6.07) is 2.11. The monoisotopic (exact) mass is 245 g/mol. The molecule has 4 heteroatoms. The SMILES string of the molecule is COc1cnc2c(c1)c(C1CCNCC1)cn2C. The molecule has 0 radical (unpaired) electrons. The molecule has 18 heavy (non-hydrogen) atoms. The van der Waals surface area contributed by atoms with Gasteiger partial charge >= 0.3 is 0 Å². The molecule has 0 bridgehead atoms. The van der Waals surface area contributed by atoms with Crippen LogP contribution >= 0.6 is 0 Å². The molecule has 4 nitrogen and oxygen atoms in total. The molecule has 2 aromatic rings. The van der Waals surface area contributed by atoms with Crippen LogP contribution in [0.3, 0.4) is 0 Å². The van der Waals surface area contributed by atoms with Crippen LogP contribution in [0.5, 0.6) is 5.75 Å². The Balaban J connectivity index is 2.09. The van der Waals surface area contributed by atoms with Crippen molar-refractivity contribution in [2.75, 3.05) is 20.2 Å². The number of aryl methyl sites for hydroxylation is 1. The third-order valence-corrected chi connectivity index (χ3v) is 3.83. The highest BCUT2D eigenvalue weighted by Crippen LogP contribution is 2.33. The normalized spacial score (nSPS) is 17.2. The van der Waals surface area contributed by atoms with E-state index in [-0.39, 0.29) is 0 Å². The minimum absolute atomic E-state index is 0.642. The Morgan fingerprint density at radius 1 is 1.39 bits per heavy atom. The summed E-state index contributed by atoms with van der Waals surface area (Å²) in [5, 5.41) is 4.65. The maximum absolute atomic E-state index is 5.29. The lowest BCUT2D eigenvalue weighted by Gasteiger charge is -2.22. The predicted octanol–water partition coefficient (Wildman–Crippen LogP) is 2.05. The van der Waals surface area contributed by atoms with Crippen LogP contribution in [0.25, 0.3) is 11.0 Å². The summed E-state index contributed by atoms with van der Waals surface area (Å²) in [6.45, 7) is 2.22. The zero-order valence-electron chi connectivity index (χ0n) is 10.9. The van der Waals surface area contributed by atoms with Crippen LogP contribution in [0.1, 0.15) is 24.3 Å². The number of rotatable bonds is 2. The molecule has 96 valence electrons. The third kappa shape index (κ3) is 1.86. The van der Waals surface area contributed by atoms with Gasteiger partial charge in [0.15, 0.2) is 0 Å². The molecule has 3 heterocycles. The van der Waals surface area contributed by atoms with Crippen LogP contribution < -0.4 is 10.1 Å². The van der Waals surface area contributed by atoms with E-state index in [0.717, 1.165) is 24.5 Å². The van der Waals surface area contributed by atoms with Crippen molar-refractivity contribution in [3.63, 3.8) is 0 Å². The van der Waals surface area contributed by atoms with Gasteiger partial charge in [-0.3, -0.25) is 0 Å². The molecule has 0 unspecified atom stereocenters. The average Bonchev–Trinajstić information content (AvgIpc) is 2.76. The molecule has 0 atom stereocenters. The van der Waals surface area contributed by atoms with Gasteiger partial charge < -0.3 is 14.6 Å². The fraction of sp³-hybridized carbons (Fsp3) is 0.500. The van der Waals surface area contributed by atoms with Gasteiger partial charge in [-0.1, -0.05) is 0 Å². The first-order valence-electron chi connectivity index (χ1n) is 6.49. The highest BCUT2D eigenvalue weighted by Gasteiger charge is 2.20. The van der Waals surface area contributed by atoms with E-state index in [1.807, 2.05) is 0 Å². The van der Waals surface area contributed by atoms with Crippen molar-refractivity contribution in [2.24, 2.45) is 7.05 Å². The Labute approximate surface area is 107 Å². The van der Waals surface area contributed by atoms with Crippen molar-refractivity contribution in [2.45, 2.75) is 18.8 Å². The maximum Gasteiger partial charge on any atom is 0.140 e. The van der Waals surface area contributed by atoms with Gasteiger partial charge in [0, 0.05) is 18.6 Å². The maximum atomic E-state index is 5.29. The molecule has 2 aromatic heterocycles. The van der Waals surface area contributed by atoms with E-state index >= 15 is 0 Å². The number of methoxy groups -OCH3 is 1. The summed E-state index contributed by atoms with van der Waals surface area (Å²) in [7, 11) is 3.75. The molecule has 3 rings (SSSR count). The number of piperidine rings is 1. The van der Waals surface area contributed by atoms with E-state index in [9.17, 15) is 0 Å². The molecule has 0 aromatic carbocycles. The topological polar surface area (TPSA) is 39.1 Å². The summed E-state index contributed by atoms with van der Waals surface area (Å²) in [5.41, 5.74) is 2.46. The molecule has 1 saturated heterocycles. The highest BCUT2D eigenvalue weighted by molar-refractivity contribution is 5.82. The molecule has 1 fully saturated rings. The van der Waals surface area contributed by atoms with Crippen LogP contribution in [0.15, 0.2) is 18.5 Å². The Morgan fingerprint density at radius 2 is 2.17 bits per heavy atom. The fourth-order valence-electron chi connectivity index (χ4n) is 2.84. The van der Waals surface area contributed by atoms with Gasteiger partial charge in [0.1, 0.15) is 11.4 Å². The van der Waals surface area contributed by atoms with Gasteiger partial charge in [0.05, 0.1) is 13.3 Å². The van der Waals surface area contributed by atoms with Crippen molar-refractivity contribution < 1.29 is 4.74 Å². The van der Waals surface area contributed by atoms with Crippen LogP contribution in [0.2, 0.25) is 0 Å². The number of aromatic nitrogens is 2. The molecule has 1 aliphatic heterocycles. The summed E-state index contributed by atoms with van der Waals surface area (Å²) in [5.74, 6) is 1.48. The Hall–Kier alpha value is -1.55. The molecular formula is C14H19N3O. The molecule has 0 amide bonds. The predicted molar refractivity (Wildman–Crippen MR) is 72.1 cm³/mol. The van der Waals surface area contributed by atoms with Crippen LogP contribution in [-0.2, 0) is 7.05 Å². The minimum atomic E-state index is 0.642. The lowest BCUT2D eigenvalue weighted by Crippen LogP contribution is -2.26. The smallest absolute Gasteiger partial charge is 0.140 e. The van der Waals surface area contributed by atoms with E-state index in [0.29, 0.717) is 5.92 Å². The van der Waals surface area contributed by atoms with Gasteiger partial charge in [0.2, 0.25) is 0 Å². The van der Waals surface area contributed by atoms with Gasteiger partial charge in [0.25, 0.3) is 0 Å². The fourth-order valence-corrected chi connectivity index (χ4v) is 2.84. The lowest BCUT2D eigenvalue weighted by molar-refractivity contribution is 0.413. The molecule has 0 saturated carbocycles. The number of nitrogens with zero attached hydrogens (tertiary/aromatic N) is 2. The number of nitrogens with one attached hydrogen (secondary N) is 1. The largest absolute Gasteiger partial charge is 0.495 e. The van der Waals surface area contributed by atoms with E-state index in [1.165, 1.54) is 23.8 Å². The molecule has 0 aliphatic carbocycles. The molecular weight excluding hydrogens is 226 g/mol. The van der Waals surface area contributed by atoms with Crippen molar-refractivity contribution in [3.05, 3.63) is 24.0 Å². The third-order valence-electron chi connectivity index (χ3n) is 3.83. The number of fused-ring (bicyclic) bond motifs is 1. The highest BCUT2D eigenvalue weighted by atomic mass is 16.5. The van der Waals surface area contributed by atoms with Crippen molar-refractivity contribution in [1.29, 1.82) is 0 Å². The van der Waals surface area contributed by atoms with E-state index in [4.69, 9.17) is 4.74 Å². The average molecular weight is 245 g/mol. The molecule has 1 N–H and O–H groups in total. The van der Waals surface area contributed by atoms with Crippen LogP contribution in [0, 0.1) is 0 Å². The summed E-state index contributed by atoms with van der Waals surface area (Å²) >= 11 is 0. The Kier molecular flexibility index (Phi) is 2.96. The van der Waals surface area contributed by atoms with Gasteiger partial charge in [-0.15, -0.1) is 0 Å². The van der Waals surface area contributed by atoms with E-state index in [2.05, 4.69) is 34.2 Å². The van der Waals surface area contributed by atoms with Crippen molar-refractivity contribution in [1.82, 2.24) is 14.9 Å². The summed E-state index contributed by atoms with van der Waals surface area (Å²) in [4.78, 5) is 4.49. The molecule has 1 aliphatic rings. The van der Waals surface area contributed by atoms with Gasteiger partial charge in [-0.2, -0.15) is 0 Å². The second-order valence-corrected chi connectivity index (χ2v) is 4.97. The molecule has 0 spiro atoms. The number of hydrogen-bond donors (Lipinski definition) is 1. The first kappa shape index (κ1) is 11.5. The summed E-state index contributed by atoms with van der Waals surface area (Å²) in [6.07, 6.45) is 6.42. The Morgan fingerprint density at radius 3 is 2.89 bits per heavy atom. The van der Waals surface area contributed by atoms with Crippen LogP contribution in [-0.4, -0.2) is 29.8 Å². The quantitative estimate of drug-likeness (QED) is 0.880. The van der Waals surface area contributed by atoms with Gasteiger partial charge in [-0.05, 0) is 43.5 Å².